The Balaban J connectivity index is 2.34. The molecule has 0 radical (unpaired) electrons. The van der Waals surface area contributed by atoms with Crippen molar-refractivity contribution < 1.29 is 9.47 Å². The lowest BCUT2D eigenvalue weighted by molar-refractivity contribution is 0.219. The molecule has 1 aliphatic heterocycles. The standard InChI is InChI=1S/C15H21NO2/c1-11-6-7-13(14(9-11)17-3)15(16-2)12-5-4-8-18-10-12/h6-7,9-10,15-16H,4-5,8H2,1-3H3. The summed E-state index contributed by atoms with van der Waals surface area (Å²) >= 11 is 0. The van der Waals surface area contributed by atoms with Gasteiger partial charge in [0.15, 0.2) is 0 Å². The largest absolute Gasteiger partial charge is 0.501 e. The van der Waals surface area contributed by atoms with Crippen LogP contribution in [0, 0.1) is 6.92 Å². The molecule has 1 aromatic carbocycles. The minimum absolute atomic E-state index is 0.167. The average Bonchev–Trinajstić information content (AvgIpc) is 2.42. The van der Waals surface area contributed by atoms with Crippen molar-refractivity contribution >= 4 is 0 Å². The van der Waals surface area contributed by atoms with Crippen molar-refractivity contribution in [2.75, 3.05) is 20.8 Å². The van der Waals surface area contributed by atoms with Crippen LogP contribution in [0.2, 0.25) is 0 Å². The van der Waals surface area contributed by atoms with Gasteiger partial charge in [-0.3, -0.25) is 0 Å². The third-order valence-electron chi connectivity index (χ3n) is 3.32. The Bertz CT molecular complexity index is 440. The van der Waals surface area contributed by atoms with Crippen LogP contribution in [0.1, 0.15) is 30.0 Å². The van der Waals surface area contributed by atoms with Gasteiger partial charge in [0, 0.05) is 5.56 Å². The second kappa shape index (κ2) is 5.91. The van der Waals surface area contributed by atoms with Crippen molar-refractivity contribution in [2.24, 2.45) is 0 Å². The van der Waals surface area contributed by atoms with Crippen LogP contribution in [0.5, 0.6) is 5.75 Å². The van der Waals surface area contributed by atoms with Gasteiger partial charge in [-0.25, -0.2) is 0 Å². The molecule has 2 rings (SSSR count). The number of hydrogen-bond donors (Lipinski definition) is 1. The van der Waals surface area contributed by atoms with E-state index >= 15 is 0 Å². The predicted molar refractivity (Wildman–Crippen MR) is 72.8 cm³/mol. The summed E-state index contributed by atoms with van der Waals surface area (Å²) < 4.78 is 10.9. The lowest BCUT2D eigenvalue weighted by atomic mass is 9.94. The Morgan fingerprint density at radius 2 is 2.22 bits per heavy atom. The number of nitrogens with one attached hydrogen (secondary N) is 1. The van der Waals surface area contributed by atoms with Crippen molar-refractivity contribution in [2.45, 2.75) is 25.8 Å². The van der Waals surface area contributed by atoms with Gasteiger partial charge >= 0.3 is 0 Å². The van der Waals surface area contributed by atoms with Gasteiger partial charge in [-0.15, -0.1) is 0 Å². The Hall–Kier alpha value is -1.48. The molecular formula is C15H21NO2. The molecule has 0 aliphatic carbocycles. The molecule has 0 spiro atoms. The molecular weight excluding hydrogens is 226 g/mol. The molecule has 98 valence electrons. The van der Waals surface area contributed by atoms with Crippen LogP contribution >= 0.6 is 0 Å². The molecule has 1 atom stereocenters. The van der Waals surface area contributed by atoms with Crippen LogP contribution in [-0.4, -0.2) is 20.8 Å². The van der Waals surface area contributed by atoms with E-state index < -0.39 is 0 Å². The zero-order chi connectivity index (χ0) is 13.0. The summed E-state index contributed by atoms with van der Waals surface area (Å²) in [5.41, 5.74) is 3.66. The van der Waals surface area contributed by atoms with E-state index in [1.165, 1.54) is 16.7 Å². The van der Waals surface area contributed by atoms with Gasteiger partial charge in [-0.05, 0) is 44.0 Å². The molecule has 0 fully saturated rings. The maximum atomic E-state index is 5.49. The molecule has 0 aromatic heterocycles. The van der Waals surface area contributed by atoms with E-state index in [4.69, 9.17) is 9.47 Å². The van der Waals surface area contributed by atoms with Gasteiger partial charge in [0.2, 0.25) is 0 Å². The van der Waals surface area contributed by atoms with Crippen LogP contribution in [0.25, 0.3) is 0 Å². The first-order chi connectivity index (χ1) is 8.76. The normalized spacial score (nSPS) is 16.7. The summed E-state index contributed by atoms with van der Waals surface area (Å²) in [5.74, 6) is 0.931. The van der Waals surface area contributed by atoms with Gasteiger partial charge in [0.05, 0.1) is 26.0 Å². The van der Waals surface area contributed by atoms with Gasteiger partial charge in [0.1, 0.15) is 5.75 Å². The first-order valence-electron chi connectivity index (χ1n) is 6.38. The molecule has 0 amide bonds. The summed E-state index contributed by atoms with van der Waals surface area (Å²) in [6.45, 7) is 2.90. The van der Waals surface area contributed by atoms with Gasteiger partial charge in [0.25, 0.3) is 0 Å². The lowest BCUT2D eigenvalue weighted by Gasteiger charge is -2.24. The topological polar surface area (TPSA) is 30.5 Å². The zero-order valence-electron chi connectivity index (χ0n) is 11.3. The smallest absolute Gasteiger partial charge is 0.124 e. The van der Waals surface area contributed by atoms with E-state index in [0.29, 0.717) is 0 Å². The van der Waals surface area contributed by atoms with E-state index in [2.05, 4.69) is 30.4 Å². The van der Waals surface area contributed by atoms with Crippen LogP contribution in [-0.2, 0) is 4.74 Å². The highest BCUT2D eigenvalue weighted by atomic mass is 16.5. The molecule has 0 bridgehead atoms. The summed E-state index contributed by atoms with van der Waals surface area (Å²) in [7, 11) is 3.69. The highest BCUT2D eigenvalue weighted by molar-refractivity contribution is 5.42. The Morgan fingerprint density at radius 1 is 1.39 bits per heavy atom. The molecule has 0 saturated carbocycles. The molecule has 1 aromatic rings. The van der Waals surface area contributed by atoms with E-state index in [-0.39, 0.29) is 6.04 Å². The minimum atomic E-state index is 0.167. The van der Waals surface area contributed by atoms with Crippen LogP contribution in [0.15, 0.2) is 30.0 Å². The summed E-state index contributed by atoms with van der Waals surface area (Å²) in [6, 6.07) is 6.49. The van der Waals surface area contributed by atoms with E-state index in [0.717, 1.165) is 25.2 Å². The zero-order valence-corrected chi connectivity index (χ0v) is 11.3. The number of benzene rings is 1. The fourth-order valence-electron chi connectivity index (χ4n) is 2.39. The fourth-order valence-corrected chi connectivity index (χ4v) is 2.39. The molecule has 18 heavy (non-hydrogen) atoms. The summed E-state index contributed by atoms with van der Waals surface area (Å²) in [5, 5.41) is 3.35. The van der Waals surface area contributed by atoms with Gasteiger partial charge in [-0.1, -0.05) is 12.1 Å². The number of hydrogen-bond acceptors (Lipinski definition) is 3. The Kier molecular flexibility index (Phi) is 4.26. The molecule has 3 heteroatoms. The Labute approximate surface area is 109 Å². The van der Waals surface area contributed by atoms with Crippen LogP contribution in [0.4, 0.5) is 0 Å². The third-order valence-corrected chi connectivity index (χ3v) is 3.32. The maximum absolute atomic E-state index is 5.49. The first kappa shape index (κ1) is 13.0. The number of aryl methyl sites for hydroxylation is 1. The van der Waals surface area contributed by atoms with Crippen LogP contribution in [0.3, 0.4) is 0 Å². The molecule has 3 nitrogen and oxygen atoms in total. The first-order valence-corrected chi connectivity index (χ1v) is 6.38. The number of likely N-dealkylation sites (N-methyl/N-ethyl adjacent to an activating group) is 1. The SMILES string of the molecule is CNC(C1=COCCC1)c1ccc(C)cc1OC. The molecule has 1 N–H and O–H groups in total. The highest BCUT2D eigenvalue weighted by Crippen LogP contribution is 2.33. The second-order valence-corrected chi connectivity index (χ2v) is 4.63. The molecule has 1 unspecified atom stereocenters. The summed E-state index contributed by atoms with van der Waals surface area (Å²) in [6.07, 6.45) is 4.05. The number of rotatable bonds is 4. The van der Waals surface area contributed by atoms with Crippen molar-refractivity contribution in [1.82, 2.24) is 5.32 Å². The number of methoxy groups -OCH3 is 1. The number of ether oxygens (including phenoxy) is 2. The minimum Gasteiger partial charge on any atom is -0.501 e. The fraction of sp³-hybridized carbons (Fsp3) is 0.467. The molecule has 1 heterocycles. The Morgan fingerprint density at radius 3 is 2.83 bits per heavy atom. The van der Waals surface area contributed by atoms with Crippen molar-refractivity contribution in [1.29, 1.82) is 0 Å². The van der Waals surface area contributed by atoms with E-state index in [9.17, 15) is 0 Å². The highest BCUT2D eigenvalue weighted by Gasteiger charge is 2.20. The second-order valence-electron chi connectivity index (χ2n) is 4.63. The van der Waals surface area contributed by atoms with Crippen molar-refractivity contribution in [3.8, 4) is 5.75 Å². The van der Waals surface area contributed by atoms with E-state index in [1.807, 2.05) is 13.3 Å². The van der Waals surface area contributed by atoms with Gasteiger partial charge in [-0.2, -0.15) is 0 Å². The monoisotopic (exact) mass is 247 g/mol. The van der Waals surface area contributed by atoms with Crippen LogP contribution < -0.4 is 10.1 Å². The third kappa shape index (κ3) is 2.67. The summed E-state index contributed by atoms with van der Waals surface area (Å²) in [4.78, 5) is 0. The van der Waals surface area contributed by atoms with Gasteiger partial charge < -0.3 is 14.8 Å². The average molecular weight is 247 g/mol. The van der Waals surface area contributed by atoms with Crippen molar-refractivity contribution in [3.63, 3.8) is 0 Å². The molecule has 0 saturated heterocycles. The van der Waals surface area contributed by atoms with Crippen molar-refractivity contribution in [3.05, 3.63) is 41.2 Å². The predicted octanol–water partition coefficient (Wildman–Crippen LogP) is 2.96. The lowest BCUT2D eigenvalue weighted by Crippen LogP contribution is -2.21. The maximum Gasteiger partial charge on any atom is 0.124 e. The molecule has 1 aliphatic rings. The quantitative estimate of drug-likeness (QED) is 0.887. The van der Waals surface area contributed by atoms with E-state index in [1.54, 1.807) is 7.11 Å².